The van der Waals surface area contributed by atoms with E-state index in [9.17, 15) is 14.0 Å². The molecule has 5 heteroatoms. The lowest BCUT2D eigenvalue weighted by atomic mass is 9.94. The Bertz CT molecular complexity index is 1030. The molecule has 27 heavy (non-hydrogen) atoms. The molecule has 2 heterocycles. The van der Waals surface area contributed by atoms with Crippen LogP contribution in [0.2, 0.25) is 0 Å². The Hall–Kier alpha value is -2.95. The molecule has 0 saturated carbocycles. The highest BCUT2D eigenvalue weighted by atomic mass is 19.1. The zero-order valence-electron chi connectivity index (χ0n) is 15.0. The van der Waals surface area contributed by atoms with Gasteiger partial charge in [-0.15, -0.1) is 0 Å². The summed E-state index contributed by atoms with van der Waals surface area (Å²) >= 11 is 0. The first-order valence-electron chi connectivity index (χ1n) is 9.28. The first-order chi connectivity index (χ1) is 13.1. The zero-order valence-corrected chi connectivity index (χ0v) is 15.0. The first kappa shape index (κ1) is 17.5. The van der Waals surface area contributed by atoms with Crippen molar-refractivity contribution in [3.8, 4) is 0 Å². The lowest BCUT2D eigenvalue weighted by Crippen LogP contribution is -2.34. The van der Waals surface area contributed by atoms with E-state index < -0.39 is 0 Å². The summed E-state index contributed by atoms with van der Waals surface area (Å²) in [7, 11) is 0. The van der Waals surface area contributed by atoms with Crippen LogP contribution in [0.4, 0.5) is 4.39 Å². The Morgan fingerprint density at radius 2 is 1.85 bits per heavy atom. The van der Waals surface area contributed by atoms with Gasteiger partial charge in [0.25, 0.3) is 5.91 Å². The van der Waals surface area contributed by atoms with Crippen LogP contribution in [0.15, 0.2) is 59.4 Å². The van der Waals surface area contributed by atoms with Crippen molar-refractivity contribution >= 4 is 16.8 Å². The maximum Gasteiger partial charge on any atom is 0.254 e. The van der Waals surface area contributed by atoms with Gasteiger partial charge in [0.05, 0.1) is 5.56 Å². The van der Waals surface area contributed by atoms with Gasteiger partial charge in [0.15, 0.2) is 0 Å². The number of fused-ring (bicyclic) bond motifs is 1. The van der Waals surface area contributed by atoms with Crippen LogP contribution in [0, 0.1) is 5.82 Å². The number of carbonyl (C=O) groups is 1. The number of nitrogens with one attached hydrogen (secondary N) is 1. The molecule has 1 N–H and O–H groups in total. The molecule has 0 aliphatic carbocycles. The minimum Gasteiger partial charge on any atom is -0.338 e. The summed E-state index contributed by atoms with van der Waals surface area (Å²) < 4.78 is 13.2. The van der Waals surface area contributed by atoms with Gasteiger partial charge in [-0.2, -0.15) is 0 Å². The number of nitrogens with zero attached hydrogens (tertiary/aromatic N) is 1. The van der Waals surface area contributed by atoms with E-state index in [1.54, 1.807) is 18.2 Å². The lowest BCUT2D eigenvalue weighted by Gasteiger charge is -2.25. The van der Waals surface area contributed by atoms with Crippen LogP contribution in [-0.2, 0) is 0 Å². The van der Waals surface area contributed by atoms with Crippen molar-refractivity contribution in [1.29, 1.82) is 0 Å². The van der Waals surface area contributed by atoms with Gasteiger partial charge in [0.2, 0.25) is 5.56 Å². The maximum atomic E-state index is 13.3. The van der Waals surface area contributed by atoms with Crippen LogP contribution in [-0.4, -0.2) is 28.9 Å². The van der Waals surface area contributed by atoms with Crippen molar-refractivity contribution in [2.75, 3.05) is 13.1 Å². The molecule has 0 bridgehead atoms. The molecule has 138 valence electrons. The van der Waals surface area contributed by atoms with Gasteiger partial charge in [0.1, 0.15) is 5.82 Å². The molecule has 1 fully saturated rings. The highest BCUT2D eigenvalue weighted by Gasteiger charge is 2.25. The third-order valence-corrected chi connectivity index (χ3v) is 5.28. The minimum atomic E-state index is -0.276. The van der Waals surface area contributed by atoms with Crippen LogP contribution < -0.4 is 5.56 Å². The van der Waals surface area contributed by atoms with Crippen LogP contribution in [0.25, 0.3) is 10.9 Å². The summed E-state index contributed by atoms with van der Waals surface area (Å²) in [6.07, 6.45) is 2.90. The number of halogens is 1. The number of hydrogen-bond donors (Lipinski definition) is 1. The normalized spacial score (nSPS) is 17.7. The molecule has 0 radical (unpaired) electrons. The number of H-pyrrole nitrogens is 1. The van der Waals surface area contributed by atoms with Crippen LogP contribution in [0.5, 0.6) is 0 Å². The molecule has 1 aliphatic rings. The van der Waals surface area contributed by atoms with Crippen molar-refractivity contribution in [2.24, 2.45) is 0 Å². The number of aromatic amines is 1. The second kappa shape index (κ2) is 7.35. The molecule has 3 aromatic rings. The number of pyridine rings is 1. The van der Waals surface area contributed by atoms with E-state index in [2.05, 4.69) is 4.98 Å². The highest BCUT2D eigenvalue weighted by Crippen LogP contribution is 2.28. The lowest BCUT2D eigenvalue weighted by molar-refractivity contribution is 0.0756. The van der Waals surface area contributed by atoms with E-state index >= 15 is 0 Å². The van der Waals surface area contributed by atoms with Crippen LogP contribution >= 0.6 is 0 Å². The highest BCUT2D eigenvalue weighted by molar-refractivity contribution is 6.05. The molecule has 1 aliphatic heterocycles. The van der Waals surface area contributed by atoms with Crippen molar-refractivity contribution in [1.82, 2.24) is 9.88 Å². The molecule has 1 aromatic heterocycles. The second-order valence-corrected chi connectivity index (χ2v) is 7.09. The topological polar surface area (TPSA) is 53.2 Å². The zero-order chi connectivity index (χ0) is 18.8. The van der Waals surface area contributed by atoms with E-state index in [1.165, 1.54) is 18.2 Å². The standard InChI is InChI=1S/C22H21FN2O2/c23-17-10-8-15(9-11-17)16-5-3-4-12-25(14-16)22(27)19-13-21(26)24-20-7-2-1-6-18(19)20/h1-2,6-11,13,16H,3-5,12,14H2,(H,24,26). The van der Waals surface area contributed by atoms with Crippen molar-refractivity contribution in [3.63, 3.8) is 0 Å². The average Bonchev–Trinajstić information content (AvgIpc) is 2.93. The molecule has 1 saturated heterocycles. The van der Waals surface area contributed by atoms with E-state index in [0.29, 0.717) is 24.2 Å². The number of aromatic nitrogens is 1. The largest absolute Gasteiger partial charge is 0.338 e. The molecule has 1 unspecified atom stereocenters. The average molecular weight is 364 g/mol. The van der Waals surface area contributed by atoms with Gasteiger partial charge in [-0.25, -0.2) is 4.39 Å². The molecule has 1 amide bonds. The van der Waals surface area contributed by atoms with Crippen LogP contribution in [0.1, 0.15) is 41.1 Å². The maximum absolute atomic E-state index is 13.3. The minimum absolute atomic E-state index is 0.119. The van der Waals surface area contributed by atoms with E-state index in [4.69, 9.17) is 0 Å². The number of rotatable bonds is 2. The Kier molecular flexibility index (Phi) is 4.75. The number of para-hydroxylation sites is 1. The first-order valence-corrected chi connectivity index (χ1v) is 9.28. The van der Waals surface area contributed by atoms with E-state index in [-0.39, 0.29) is 23.2 Å². The van der Waals surface area contributed by atoms with Crippen molar-refractivity contribution in [2.45, 2.75) is 25.2 Å². The number of hydrogen-bond acceptors (Lipinski definition) is 2. The van der Waals surface area contributed by atoms with Gasteiger partial charge in [-0.05, 0) is 36.6 Å². The summed E-state index contributed by atoms with van der Waals surface area (Å²) in [4.78, 5) is 29.9. The number of benzene rings is 2. The summed E-state index contributed by atoms with van der Waals surface area (Å²) in [5.74, 6) is -0.202. The van der Waals surface area contributed by atoms with Gasteiger partial charge in [-0.1, -0.05) is 36.8 Å². The Labute approximate surface area is 156 Å². The molecular weight excluding hydrogens is 343 g/mol. The Morgan fingerprint density at radius 3 is 2.67 bits per heavy atom. The van der Waals surface area contributed by atoms with E-state index in [0.717, 1.165) is 30.2 Å². The van der Waals surface area contributed by atoms with Gasteiger partial charge in [0, 0.05) is 36.0 Å². The molecule has 0 spiro atoms. The summed E-state index contributed by atoms with van der Waals surface area (Å²) in [5.41, 5.74) is 1.88. The summed E-state index contributed by atoms with van der Waals surface area (Å²) in [6.45, 7) is 1.24. The number of likely N-dealkylation sites (tertiary alicyclic amines) is 1. The quantitative estimate of drug-likeness (QED) is 0.745. The van der Waals surface area contributed by atoms with Crippen molar-refractivity contribution in [3.05, 3.63) is 81.9 Å². The fourth-order valence-electron chi connectivity index (χ4n) is 3.89. The molecule has 4 rings (SSSR count). The monoisotopic (exact) mass is 364 g/mol. The SMILES string of the molecule is O=C(c1cc(=O)[nH]c2ccccc12)N1CCCCC(c2ccc(F)cc2)C1. The predicted octanol–water partition coefficient (Wildman–Crippen LogP) is 4.08. The summed E-state index contributed by atoms with van der Waals surface area (Å²) in [5, 5.41) is 0.754. The number of amides is 1. The molecule has 4 nitrogen and oxygen atoms in total. The van der Waals surface area contributed by atoms with Crippen molar-refractivity contribution < 1.29 is 9.18 Å². The fraction of sp³-hybridized carbons (Fsp3) is 0.273. The van der Waals surface area contributed by atoms with E-state index in [1.807, 2.05) is 23.1 Å². The third kappa shape index (κ3) is 3.63. The smallest absolute Gasteiger partial charge is 0.254 e. The summed E-state index contributed by atoms with van der Waals surface area (Å²) in [6, 6.07) is 15.3. The van der Waals surface area contributed by atoms with Crippen LogP contribution in [0.3, 0.4) is 0 Å². The number of carbonyl (C=O) groups excluding carboxylic acids is 1. The molecule has 2 aromatic carbocycles. The Balaban J connectivity index is 1.67. The predicted molar refractivity (Wildman–Crippen MR) is 103 cm³/mol. The van der Waals surface area contributed by atoms with Gasteiger partial charge in [-0.3, -0.25) is 9.59 Å². The molecular formula is C22H21FN2O2. The fourth-order valence-corrected chi connectivity index (χ4v) is 3.89. The Morgan fingerprint density at radius 1 is 1.07 bits per heavy atom. The van der Waals surface area contributed by atoms with Gasteiger partial charge < -0.3 is 9.88 Å². The second-order valence-electron chi connectivity index (χ2n) is 7.09. The third-order valence-electron chi connectivity index (χ3n) is 5.28. The van der Waals surface area contributed by atoms with Gasteiger partial charge >= 0.3 is 0 Å². The molecule has 1 atom stereocenters.